The summed E-state index contributed by atoms with van der Waals surface area (Å²) in [5.41, 5.74) is 0.699. The van der Waals surface area contributed by atoms with Crippen LogP contribution in [0.15, 0.2) is 12.1 Å². The maximum absolute atomic E-state index is 10.1. The molecule has 0 saturated carbocycles. The predicted octanol–water partition coefficient (Wildman–Crippen LogP) is 3.97. The molecule has 1 aromatic rings. The fourth-order valence-corrected chi connectivity index (χ4v) is 2.15. The maximum Gasteiger partial charge on any atom is 0.162 e. The summed E-state index contributed by atoms with van der Waals surface area (Å²) in [5, 5.41) is 10.6. The van der Waals surface area contributed by atoms with Crippen molar-refractivity contribution in [1.29, 1.82) is 0 Å². The van der Waals surface area contributed by atoms with Crippen LogP contribution in [0.2, 0.25) is 5.02 Å². The van der Waals surface area contributed by atoms with E-state index in [4.69, 9.17) is 21.1 Å². The Morgan fingerprint density at radius 2 is 1.78 bits per heavy atom. The molecule has 0 bridgehead atoms. The van der Waals surface area contributed by atoms with E-state index in [9.17, 15) is 5.11 Å². The first-order chi connectivity index (χ1) is 8.63. The van der Waals surface area contributed by atoms with E-state index < -0.39 is 6.10 Å². The Bertz CT molecular complexity index is 380. The first-order valence-electron chi connectivity index (χ1n) is 6.23. The zero-order valence-electron chi connectivity index (χ0n) is 11.2. The van der Waals surface area contributed by atoms with Crippen LogP contribution < -0.4 is 9.47 Å². The molecule has 0 heterocycles. The Morgan fingerprint density at radius 3 is 2.33 bits per heavy atom. The first-order valence-corrected chi connectivity index (χ1v) is 6.61. The summed E-state index contributed by atoms with van der Waals surface area (Å²) in [7, 11) is 3.13. The zero-order valence-corrected chi connectivity index (χ0v) is 12.0. The van der Waals surface area contributed by atoms with Crippen LogP contribution in [0.4, 0.5) is 0 Å². The number of ether oxygens (including phenoxy) is 2. The van der Waals surface area contributed by atoms with Crippen LogP contribution in [-0.4, -0.2) is 19.3 Å². The van der Waals surface area contributed by atoms with Crippen molar-refractivity contribution in [2.45, 2.75) is 38.7 Å². The molecule has 18 heavy (non-hydrogen) atoms. The number of aliphatic hydroxyl groups excluding tert-OH is 1. The highest BCUT2D eigenvalue weighted by atomic mass is 35.5. The Balaban J connectivity index is 2.87. The molecule has 4 heteroatoms. The highest BCUT2D eigenvalue weighted by Gasteiger charge is 2.16. The normalized spacial score (nSPS) is 12.3. The smallest absolute Gasteiger partial charge is 0.162 e. The second-order valence-corrected chi connectivity index (χ2v) is 4.65. The molecule has 1 unspecified atom stereocenters. The molecule has 1 aromatic carbocycles. The third-order valence-corrected chi connectivity index (χ3v) is 3.27. The molecular formula is C14H21ClO3. The summed E-state index contributed by atoms with van der Waals surface area (Å²) in [6.45, 7) is 2.13. The van der Waals surface area contributed by atoms with Crippen LogP contribution in [0.25, 0.3) is 0 Å². The first kappa shape index (κ1) is 15.1. The van der Waals surface area contributed by atoms with Crippen LogP contribution in [0.1, 0.15) is 44.3 Å². The second kappa shape index (κ2) is 7.49. The Kier molecular flexibility index (Phi) is 6.30. The van der Waals surface area contributed by atoms with E-state index in [0.29, 0.717) is 28.5 Å². The minimum Gasteiger partial charge on any atom is -0.493 e. The summed E-state index contributed by atoms with van der Waals surface area (Å²) in [5.74, 6) is 1.17. The second-order valence-electron chi connectivity index (χ2n) is 4.24. The van der Waals surface area contributed by atoms with Gasteiger partial charge in [0.1, 0.15) is 0 Å². The van der Waals surface area contributed by atoms with Crippen molar-refractivity contribution in [2.75, 3.05) is 14.2 Å². The molecule has 1 atom stereocenters. The van der Waals surface area contributed by atoms with Crippen LogP contribution in [0.5, 0.6) is 11.5 Å². The standard InChI is InChI=1S/C14H21ClO3/c1-4-5-6-7-12(16)10-8-13(17-2)14(18-3)9-11(10)15/h8-9,12,16H,4-7H2,1-3H3. The van der Waals surface area contributed by atoms with Gasteiger partial charge in [-0.1, -0.05) is 37.8 Å². The molecular weight excluding hydrogens is 252 g/mol. The highest BCUT2D eigenvalue weighted by Crippen LogP contribution is 2.37. The van der Waals surface area contributed by atoms with Crippen molar-refractivity contribution >= 4 is 11.6 Å². The van der Waals surface area contributed by atoms with E-state index in [1.165, 1.54) is 0 Å². The topological polar surface area (TPSA) is 38.7 Å². The number of hydrogen-bond acceptors (Lipinski definition) is 3. The molecule has 0 spiro atoms. The summed E-state index contributed by atoms with van der Waals surface area (Å²) in [6.07, 6.45) is 3.39. The summed E-state index contributed by atoms with van der Waals surface area (Å²) < 4.78 is 10.4. The van der Waals surface area contributed by atoms with Gasteiger partial charge in [0.25, 0.3) is 0 Å². The average molecular weight is 273 g/mol. The average Bonchev–Trinajstić information content (AvgIpc) is 2.38. The molecule has 102 valence electrons. The van der Waals surface area contributed by atoms with Gasteiger partial charge in [0, 0.05) is 11.6 Å². The molecule has 0 fully saturated rings. The van der Waals surface area contributed by atoms with Crippen molar-refractivity contribution in [3.8, 4) is 11.5 Å². The molecule has 0 aliphatic heterocycles. The molecule has 1 N–H and O–H groups in total. The largest absolute Gasteiger partial charge is 0.493 e. The van der Waals surface area contributed by atoms with Gasteiger partial charge < -0.3 is 14.6 Å². The van der Waals surface area contributed by atoms with E-state index in [-0.39, 0.29) is 0 Å². The number of hydrogen-bond donors (Lipinski definition) is 1. The highest BCUT2D eigenvalue weighted by molar-refractivity contribution is 6.31. The van der Waals surface area contributed by atoms with E-state index in [1.807, 2.05) is 0 Å². The van der Waals surface area contributed by atoms with Crippen molar-refractivity contribution < 1.29 is 14.6 Å². The molecule has 1 rings (SSSR count). The summed E-state index contributed by atoms with van der Waals surface area (Å²) in [4.78, 5) is 0. The Labute approximate surface area is 114 Å². The molecule has 0 saturated heterocycles. The van der Waals surface area contributed by atoms with Crippen LogP contribution in [0, 0.1) is 0 Å². The van der Waals surface area contributed by atoms with Gasteiger partial charge in [-0.2, -0.15) is 0 Å². The van der Waals surface area contributed by atoms with Crippen molar-refractivity contribution in [2.24, 2.45) is 0 Å². The van der Waals surface area contributed by atoms with Gasteiger partial charge in [-0.05, 0) is 12.5 Å². The number of methoxy groups -OCH3 is 2. The lowest BCUT2D eigenvalue weighted by atomic mass is 10.0. The van der Waals surface area contributed by atoms with E-state index >= 15 is 0 Å². The van der Waals surface area contributed by atoms with Crippen LogP contribution in [-0.2, 0) is 0 Å². The third kappa shape index (κ3) is 3.79. The predicted molar refractivity (Wildman–Crippen MR) is 73.7 cm³/mol. The van der Waals surface area contributed by atoms with Gasteiger partial charge in [-0.3, -0.25) is 0 Å². The van der Waals surface area contributed by atoms with Crippen LogP contribution in [0.3, 0.4) is 0 Å². The monoisotopic (exact) mass is 272 g/mol. The Morgan fingerprint density at radius 1 is 1.17 bits per heavy atom. The van der Waals surface area contributed by atoms with E-state index in [2.05, 4.69) is 6.92 Å². The maximum atomic E-state index is 10.1. The molecule has 3 nitrogen and oxygen atoms in total. The molecule has 0 aliphatic rings. The van der Waals surface area contributed by atoms with E-state index in [1.54, 1.807) is 26.4 Å². The number of benzene rings is 1. The number of halogens is 1. The van der Waals surface area contributed by atoms with Crippen molar-refractivity contribution in [3.63, 3.8) is 0 Å². The Hall–Kier alpha value is -0.930. The SMILES string of the molecule is CCCCCC(O)c1cc(OC)c(OC)cc1Cl. The lowest BCUT2D eigenvalue weighted by Crippen LogP contribution is -2.00. The van der Waals surface area contributed by atoms with Gasteiger partial charge in [0.2, 0.25) is 0 Å². The number of rotatable bonds is 7. The van der Waals surface area contributed by atoms with E-state index in [0.717, 1.165) is 19.3 Å². The quantitative estimate of drug-likeness (QED) is 0.763. The van der Waals surface area contributed by atoms with Gasteiger partial charge in [-0.15, -0.1) is 0 Å². The molecule has 0 amide bonds. The lowest BCUT2D eigenvalue weighted by Gasteiger charge is -2.16. The fraction of sp³-hybridized carbons (Fsp3) is 0.571. The number of aliphatic hydroxyl groups is 1. The summed E-state index contributed by atoms with van der Waals surface area (Å²) in [6, 6.07) is 3.43. The van der Waals surface area contributed by atoms with Gasteiger partial charge in [-0.25, -0.2) is 0 Å². The molecule has 0 aliphatic carbocycles. The van der Waals surface area contributed by atoms with Crippen molar-refractivity contribution in [3.05, 3.63) is 22.7 Å². The molecule has 0 aromatic heterocycles. The van der Waals surface area contributed by atoms with Gasteiger partial charge in [0.15, 0.2) is 11.5 Å². The fourth-order valence-electron chi connectivity index (χ4n) is 1.87. The third-order valence-electron chi connectivity index (χ3n) is 2.94. The minimum absolute atomic E-state index is 0.511. The van der Waals surface area contributed by atoms with Gasteiger partial charge in [0.05, 0.1) is 25.3 Å². The molecule has 0 radical (unpaired) electrons. The number of unbranched alkanes of at least 4 members (excludes halogenated alkanes) is 2. The lowest BCUT2D eigenvalue weighted by molar-refractivity contribution is 0.163. The van der Waals surface area contributed by atoms with Crippen LogP contribution >= 0.6 is 11.6 Å². The zero-order chi connectivity index (χ0) is 13.5. The van der Waals surface area contributed by atoms with Crippen molar-refractivity contribution in [1.82, 2.24) is 0 Å². The summed E-state index contributed by atoms with van der Waals surface area (Å²) >= 11 is 6.15. The van der Waals surface area contributed by atoms with Gasteiger partial charge >= 0.3 is 0 Å². The minimum atomic E-state index is -0.552.